The van der Waals surface area contributed by atoms with Gasteiger partial charge in [0, 0.05) is 34.1 Å². The van der Waals surface area contributed by atoms with Crippen molar-refractivity contribution in [1.29, 1.82) is 0 Å². The van der Waals surface area contributed by atoms with Crippen LogP contribution < -0.4 is 0 Å². The van der Waals surface area contributed by atoms with Crippen LogP contribution in [0.5, 0.6) is 0 Å². The number of hydrogen-bond acceptors (Lipinski definition) is 5. The van der Waals surface area contributed by atoms with E-state index in [4.69, 9.17) is 15.0 Å². The van der Waals surface area contributed by atoms with E-state index < -0.39 is 0 Å². The Morgan fingerprint density at radius 2 is 0.720 bits per heavy atom. The zero-order chi connectivity index (χ0) is 33.0. The largest absolute Gasteiger partial charge is 0.208 e. The number of rotatable bonds is 5. The SMILES string of the molecule is c1ccc(-c2nc(-c3ccccc3)nc(-c3ccc(-c4ccc5c(c4)C4c6ccccc6C5c5cc(-c6ccnnc6)ccc54)cc3)n2)cc1. The molecule has 2 unspecified atom stereocenters. The molecule has 50 heavy (non-hydrogen) atoms. The third kappa shape index (κ3) is 4.66. The van der Waals surface area contributed by atoms with Gasteiger partial charge in [0.2, 0.25) is 0 Å². The molecule has 3 aliphatic rings. The third-order valence-corrected chi connectivity index (χ3v) is 10.1. The van der Waals surface area contributed by atoms with Gasteiger partial charge in [-0.05, 0) is 68.3 Å². The van der Waals surface area contributed by atoms with E-state index in [1.54, 1.807) is 6.20 Å². The molecule has 2 bridgehead atoms. The Bertz CT molecular complexity index is 2470. The van der Waals surface area contributed by atoms with E-state index in [2.05, 4.69) is 95.1 Å². The van der Waals surface area contributed by atoms with Crippen LogP contribution in [-0.4, -0.2) is 25.1 Å². The number of aromatic nitrogens is 5. The summed E-state index contributed by atoms with van der Waals surface area (Å²) in [5.41, 5.74) is 15.8. The summed E-state index contributed by atoms with van der Waals surface area (Å²) in [6.07, 6.45) is 3.60. The van der Waals surface area contributed by atoms with Gasteiger partial charge in [0.15, 0.2) is 17.5 Å². The van der Waals surface area contributed by atoms with Crippen molar-refractivity contribution in [2.24, 2.45) is 0 Å². The molecular formula is C45H29N5. The van der Waals surface area contributed by atoms with Crippen molar-refractivity contribution in [3.63, 3.8) is 0 Å². The van der Waals surface area contributed by atoms with Crippen LogP contribution in [0.4, 0.5) is 0 Å². The Morgan fingerprint density at radius 3 is 1.22 bits per heavy atom. The minimum atomic E-state index is 0.183. The topological polar surface area (TPSA) is 64.5 Å². The van der Waals surface area contributed by atoms with Gasteiger partial charge in [0.25, 0.3) is 0 Å². The maximum Gasteiger partial charge on any atom is 0.164 e. The van der Waals surface area contributed by atoms with E-state index in [9.17, 15) is 0 Å². The average Bonchev–Trinajstić information content (AvgIpc) is 3.21. The maximum absolute atomic E-state index is 4.92. The summed E-state index contributed by atoms with van der Waals surface area (Å²) < 4.78 is 0. The van der Waals surface area contributed by atoms with Crippen molar-refractivity contribution < 1.29 is 0 Å². The Labute approximate surface area is 290 Å². The fraction of sp³-hybridized carbons (Fsp3) is 0.0444. The highest BCUT2D eigenvalue weighted by Crippen LogP contribution is 2.56. The molecule has 2 heterocycles. The van der Waals surface area contributed by atoms with Gasteiger partial charge in [-0.3, -0.25) is 0 Å². The second-order valence-electron chi connectivity index (χ2n) is 12.9. The van der Waals surface area contributed by atoms with Gasteiger partial charge in [-0.2, -0.15) is 10.2 Å². The van der Waals surface area contributed by atoms with Gasteiger partial charge in [0.1, 0.15) is 0 Å². The first-order chi connectivity index (χ1) is 24.8. The normalized spacial score (nSPS) is 15.2. The number of hydrogen-bond donors (Lipinski definition) is 0. The molecule has 0 spiro atoms. The van der Waals surface area contributed by atoms with Crippen LogP contribution >= 0.6 is 0 Å². The summed E-state index contributed by atoms with van der Waals surface area (Å²) in [6, 6.07) is 53.7. The van der Waals surface area contributed by atoms with Crippen molar-refractivity contribution in [1.82, 2.24) is 25.1 Å². The first-order valence-corrected chi connectivity index (χ1v) is 16.9. The Kier molecular flexibility index (Phi) is 6.56. The predicted octanol–water partition coefficient (Wildman–Crippen LogP) is 9.98. The molecule has 3 aliphatic carbocycles. The van der Waals surface area contributed by atoms with Crippen LogP contribution in [-0.2, 0) is 0 Å². The van der Waals surface area contributed by atoms with E-state index in [1.807, 2.05) is 72.9 Å². The van der Waals surface area contributed by atoms with E-state index >= 15 is 0 Å². The van der Waals surface area contributed by atoms with Gasteiger partial charge in [-0.15, -0.1) is 0 Å². The van der Waals surface area contributed by atoms with E-state index in [1.165, 1.54) is 44.5 Å². The number of nitrogens with zero attached hydrogens (tertiary/aromatic N) is 5. The lowest BCUT2D eigenvalue weighted by molar-refractivity contribution is 0.755. The first kappa shape index (κ1) is 28.4. The average molecular weight is 640 g/mol. The van der Waals surface area contributed by atoms with Crippen molar-refractivity contribution in [3.8, 4) is 56.4 Å². The summed E-state index contributed by atoms with van der Waals surface area (Å²) >= 11 is 0. The molecule has 5 nitrogen and oxygen atoms in total. The zero-order valence-electron chi connectivity index (χ0n) is 27.0. The van der Waals surface area contributed by atoms with Gasteiger partial charge in [-0.1, -0.05) is 133 Å². The lowest BCUT2D eigenvalue weighted by Gasteiger charge is -2.42. The minimum absolute atomic E-state index is 0.183. The summed E-state index contributed by atoms with van der Waals surface area (Å²) in [7, 11) is 0. The van der Waals surface area contributed by atoms with Gasteiger partial charge in [0.05, 0.1) is 12.4 Å². The molecule has 0 radical (unpaired) electrons. The quantitative estimate of drug-likeness (QED) is 0.188. The fourth-order valence-corrected chi connectivity index (χ4v) is 7.79. The molecule has 0 aliphatic heterocycles. The molecule has 5 heteroatoms. The van der Waals surface area contributed by atoms with E-state index in [-0.39, 0.29) is 11.8 Å². The van der Waals surface area contributed by atoms with Crippen LogP contribution in [0, 0.1) is 0 Å². The molecule has 0 amide bonds. The van der Waals surface area contributed by atoms with Crippen LogP contribution in [0.1, 0.15) is 45.2 Å². The molecule has 6 aromatic carbocycles. The highest BCUT2D eigenvalue weighted by molar-refractivity contribution is 5.77. The van der Waals surface area contributed by atoms with Gasteiger partial charge < -0.3 is 0 Å². The monoisotopic (exact) mass is 639 g/mol. The standard InChI is InChI=1S/C45H29N5/c1-3-9-29(10-4-1)43-48-44(30-11-5-2-6-12-30)50-45(49-43)31-17-15-28(16-18-31)32-19-21-37-39(25-32)41-35-13-7-8-14-36(35)42(37)40-26-33(20-22-38(40)41)34-23-24-46-47-27-34/h1-27,41-42H. The van der Waals surface area contributed by atoms with E-state index in [0.29, 0.717) is 17.5 Å². The van der Waals surface area contributed by atoms with Crippen molar-refractivity contribution in [3.05, 3.63) is 197 Å². The lowest BCUT2D eigenvalue weighted by Crippen LogP contribution is -2.27. The molecule has 234 valence electrons. The van der Waals surface area contributed by atoms with Crippen LogP contribution in [0.2, 0.25) is 0 Å². The second-order valence-corrected chi connectivity index (χ2v) is 12.9. The van der Waals surface area contributed by atoms with E-state index in [0.717, 1.165) is 27.8 Å². The van der Waals surface area contributed by atoms with Gasteiger partial charge in [-0.25, -0.2) is 15.0 Å². The van der Waals surface area contributed by atoms with Gasteiger partial charge >= 0.3 is 0 Å². The van der Waals surface area contributed by atoms with Crippen LogP contribution in [0.15, 0.2) is 164 Å². The molecule has 0 saturated carbocycles. The maximum atomic E-state index is 4.92. The smallest absolute Gasteiger partial charge is 0.164 e. The highest BCUT2D eigenvalue weighted by Gasteiger charge is 2.41. The third-order valence-electron chi connectivity index (χ3n) is 10.1. The summed E-state index contributed by atoms with van der Waals surface area (Å²) in [4.78, 5) is 14.7. The summed E-state index contributed by atoms with van der Waals surface area (Å²) in [6.45, 7) is 0. The summed E-state index contributed by atoms with van der Waals surface area (Å²) in [5.74, 6) is 2.35. The fourth-order valence-electron chi connectivity index (χ4n) is 7.79. The first-order valence-electron chi connectivity index (χ1n) is 16.9. The molecule has 11 rings (SSSR count). The van der Waals surface area contributed by atoms with Crippen molar-refractivity contribution >= 4 is 0 Å². The Morgan fingerprint density at radius 1 is 0.300 bits per heavy atom. The molecule has 2 atom stereocenters. The molecule has 0 fully saturated rings. The molecule has 0 N–H and O–H groups in total. The molecule has 8 aromatic rings. The second kappa shape index (κ2) is 11.5. The molecular weight excluding hydrogens is 611 g/mol. The zero-order valence-corrected chi connectivity index (χ0v) is 27.0. The molecule has 2 aromatic heterocycles. The Balaban J connectivity index is 1.03. The predicted molar refractivity (Wildman–Crippen MR) is 197 cm³/mol. The Hall–Kier alpha value is -6.59. The molecule has 0 saturated heterocycles. The van der Waals surface area contributed by atoms with Crippen LogP contribution in [0.25, 0.3) is 56.4 Å². The van der Waals surface area contributed by atoms with Crippen molar-refractivity contribution in [2.45, 2.75) is 11.8 Å². The summed E-state index contributed by atoms with van der Waals surface area (Å²) in [5, 5.41) is 8.11. The lowest BCUT2D eigenvalue weighted by atomic mass is 9.60. The van der Waals surface area contributed by atoms with Crippen molar-refractivity contribution in [2.75, 3.05) is 0 Å². The number of benzene rings is 6. The van der Waals surface area contributed by atoms with Crippen LogP contribution in [0.3, 0.4) is 0 Å². The minimum Gasteiger partial charge on any atom is -0.208 e. The highest BCUT2D eigenvalue weighted by atomic mass is 15.1.